The van der Waals surface area contributed by atoms with Crippen LogP contribution in [0, 0.1) is 0 Å². The summed E-state index contributed by atoms with van der Waals surface area (Å²) in [4.78, 5) is 15.6. The lowest BCUT2D eigenvalue weighted by molar-refractivity contribution is -0.125. The molecule has 1 aliphatic rings. The van der Waals surface area contributed by atoms with Gasteiger partial charge in [-0.05, 0) is 73.9 Å². The Morgan fingerprint density at radius 1 is 0.903 bits per heavy atom. The Labute approximate surface area is 183 Å². The first kappa shape index (κ1) is 21.9. The molecule has 4 heteroatoms. The predicted octanol–water partition coefficient (Wildman–Crippen LogP) is 5.72. The van der Waals surface area contributed by atoms with Crippen LogP contribution in [0.5, 0.6) is 11.5 Å². The first-order valence-corrected chi connectivity index (χ1v) is 10.2. The molecule has 1 aliphatic heterocycles. The molecule has 0 aromatic heterocycles. The zero-order valence-corrected chi connectivity index (χ0v) is 18.0. The van der Waals surface area contributed by atoms with Crippen LogP contribution in [0.2, 0.25) is 0 Å². The molecule has 2 aromatic rings. The molecule has 31 heavy (non-hydrogen) atoms. The maximum atomic E-state index is 13.8. The quantitative estimate of drug-likeness (QED) is 0.487. The molecule has 0 saturated carbocycles. The molecule has 1 saturated heterocycles. The third kappa shape index (κ3) is 3.50. The van der Waals surface area contributed by atoms with Crippen molar-refractivity contribution in [2.75, 3.05) is 0 Å². The summed E-state index contributed by atoms with van der Waals surface area (Å²) in [6.45, 7) is 9.49. The Balaban J connectivity index is 2.52. The molecule has 3 rings (SSSR count). The van der Waals surface area contributed by atoms with Gasteiger partial charge in [0.05, 0.1) is 0 Å². The van der Waals surface area contributed by atoms with Crippen LogP contribution >= 0.6 is 0 Å². The van der Waals surface area contributed by atoms with E-state index in [0.29, 0.717) is 11.3 Å². The van der Waals surface area contributed by atoms with Crippen LogP contribution < -0.4 is 0 Å². The molecule has 1 heterocycles. The second-order valence-corrected chi connectivity index (χ2v) is 7.18. The van der Waals surface area contributed by atoms with Gasteiger partial charge in [-0.2, -0.15) is 0 Å². The third-order valence-electron chi connectivity index (χ3n) is 5.48. The van der Waals surface area contributed by atoms with E-state index in [0.717, 1.165) is 16.7 Å². The number of likely N-dealkylation sites (tertiary alicyclic amines) is 1. The van der Waals surface area contributed by atoms with E-state index < -0.39 is 5.54 Å². The fourth-order valence-electron chi connectivity index (χ4n) is 4.29. The number of hydrogen-bond donors (Lipinski definition) is 2. The zero-order valence-electron chi connectivity index (χ0n) is 18.0. The van der Waals surface area contributed by atoms with Crippen molar-refractivity contribution < 1.29 is 15.0 Å². The zero-order chi connectivity index (χ0) is 22.6. The summed E-state index contributed by atoms with van der Waals surface area (Å²) in [5, 5.41) is 19.9. The number of nitrogens with zero attached hydrogens (tertiary/aromatic N) is 1. The average molecular weight is 414 g/mol. The monoisotopic (exact) mass is 413 g/mol. The number of carbonyl (C=O) groups excluding carboxylic acids is 1. The summed E-state index contributed by atoms with van der Waals surface area (Å²) in [6.07, 6.45) is 11.0. The lowest BCUT2D eigenvalue weighted by Crippen LogP contribution is -2.44. The van der Waals surface area contributed by atoms with Gasteiger partial charge in [0.25, 0.3) is 5.91 Å². The van der Waals surface area contributed by atoms with E-state index in [1.165, 1.54) is 0 Å². The SMILES string of the molecule is C=C/C=C(\C=C/C)N1C(=O)C(=C/C)/C(=C\C)C1(c1ccc(O)cc1)c1ccc(O)cc1. The maximum absolute atomic E-state index is 13.8. The molecular weight excluding hydrogens is 386 g/mol. The Hall–Kier alpha value is -3.79. The van der Waals surface area contributed by atoms with Crippen molar-refractivity contribution in [3.05, 3.63) is 120 Å². The average Bonchev–Trinajstić information content (AvgIpc) is 3.02. The highest BCUT2D eigenvalue weighted by molar-refractivity contribution is 6.05. The molecule has 1 amide bonds. The van der Waals surface area contributed by atoms with Crippen molar-refractivity contribution in [2.45, 2.75) is 26.3 Å². The van der Waals surface area contributed by atoms with Crippen LogP contribution in [0.1, 0.15) is 31.9 Å². The number of hydrogen-bond acceptors (Lipinski definition) is 3. The van der Waals surface area contributed by atoms with Gasteiger partial charge in [-0.25, -0.2) is 0 Å². The van der Waals surface area contributed by atoms with Gasteiger partial charge < -0.3 is 10.2 Å². The standard InChI is InChI=1S/C27H27NO3/c1-5-9-21(10-6-2)28-26(31)24(7-3)25(8-4)27(28,19-11-15-22(29)16-12-19)20-13-17-23(30)18-14-20/h5-18,29-30H,1H2,2-4H3/b10-6-,21-9+,24-7+,25-8+. The summed E-state index contributed by atoms with van der Waals surface area (Å²) < 4.78 is 0. The number of rotatable bonds is 5. The Kier molecular flexibility index (Phi) is 6.30. The normalized spacial score (nSPS) is 19.0. The molecule has 2 N–H and O–H groups in total. The van der Waals surface area contributed by atoms with E-state index >= 15 is 0 Å². The minimum absolute atomic E-state index is 0.136. The number of allylic oxidation sites excluding steroid dienone is 6. The molecule has 0 radical (unpaired) electrons. The highest BCUT2D eigenvalue weighted by atomic mass is 16.3. The summed E-state index contributed by atoms with van der Waals surface area (Å²) in [7, 11) is 0. The van der Waals surface area contributed by atoms with Gasteiger partial charge in [-0.15, -0.1) is 0 Å². The summed E-state index contributed by atoms with van der Waals surface area (Å²) >= 11 is 0. The number of benzene rings is 2. The van der Waals surface area contributed by atoms with E-state index in [-0.39, 0.29) is 17.4 Å². The second kappa shape index (κ2) is 8.92. The third-order valence-corrected chi connectivity index (χ3v) is 5.48. The molecule has 1 fully saturated rings. The van der Waals surface area contributed by atoms with E-state index in [4.69, 9.17) is 0 Å². The van der Waals surface area contributed by atoms with Crippen LogP contribution in [0.25, 0.3) is 0 Å². The summed E-state index contributed by atoms with van der Waals surface area (Å²) in [5.41, 5.74) is 2.74. The van der Waals surface area contributed by atoms with Gasteiger partial charge in [0.2, 0.25) is 0 Å². The highest BCUT2D eigenvalue weighted by Gasteiger charge is 2.54. The Morgan fingerprint density at radius 2 is 1.42 bits per heavy atom. The lowest BCUT2D eigenvalue weighted by Gasteiger charge is -2.41. The largest absolute Gasteiger partial charge is 0.508 e. The molecule has 0 unspecified atom stereocenters. The molecule has 4 nitrogen and oxygen atoms in total. The first-order valence-electron chi connectivity index (χ1n) is 10.2. The van der Waals surface area contributed by atoms with Crippen LogP contribution in [-0.4, -0.2) is 21.0 Å². The number of phenolic OH excluding ortho intramolecular Hbond substituents is 2. The Bertz CT molecular complexity index is 1050. The van der Waals surface area contributed by atoms with E-state index in [2.05, 4.69) is 6.58 Å². The van der Waals surface area contributed by atoms with Gasteiger partial charge in [0, 0.05) is 11.3 Å². The fourth-order valence-corrected chi connectivity index (χ4v) is 4.29. The molecular formula is C27H27NO3. The van der Waals surface area contributed by atoms with Crippen molar-refractivity contribution >= 4 is 5.91 Å². The van der Waals surface area contributed by atoms with E-state index in [1.54, 1.807) is 41.3 Å². The maximum Gasteiger partial charge on any atom is 0.259 e. The van der Waals surface area contributed by atoms with Crippen molar-refractivity contribution in [3.63, 3.8) is 0 Å². The van der Waals surface area contributed by atoms with Crippen LogP contribution in [0.15, 0.2) is 108 Å². The van der Waals surface area contributed by atoms with Crippen molar-refractivity contribution in [1.29, 1.82) is 0 Å². The molecule has 0 aliphatic carbocycles. The van der Waals surface area contributed by atoms with E-state index in [9.17, 15) is 15.0 Å². The van der Waals surface area contributed by atoms with Gasteiger partial charge in [0.15, 0.2) is 0 Å². The van der Waals surface area contributed by atoms with Crippen molar-refractivity contribution in [2.24, 2.45) is 0 Å². The van der Waals surface area contributed by atoms with Crippen LogP contribution in [0.3, 0.4) is 0 Å². The second-order valence-electron chi connectivity index (χ2n) is 7.18. The fraction of sp³-hybridized carbons (Fsp3) is 0.148. The number of aromatic hydroxyl groups is 2. The van der Waals surface area contributed by atoms with Gasteiger partial charge in [-0.1, -0.05) is 55.1 Å². The van der Waals surface area contributed by atoms with Crippen LogP contribution in [-0.2, 0) is 10.3 Å². The van der Waals surface area contributed by atoms with Gasteiger partial charge >= 0.3 is 0 Å². The number of carbonyl (C=O) groups is 1. The van der Waals surface area contributed by atoms with Crippen LogP contribution in [0.4, 0.5) is 0 Å². The Morgan fingerprint density at radius 3 is 1.81 bits per heavy atom. The number of phenols is 2. The molecule has 0 bridgehead atoms. The smallest absolute Gasteiger partial charge is 0.259 e. The number of amides is 1. The lowest BCUT2D eigenvalue weighted by atomic mass is 9.75. The molecule has 158 valence electrons. The summed E-state index contributed by atoms with van der Waals surface area (Å²) in [5.74, 6) is 0.149. The predicted molar refractivity (Wildman–Crippen MR) is 124 cm³/mol. The highest BCUT2D eigenvalue weighted by Crippen LogP contribution is 2.53. The van der Waals surface area contributed by atoms with Crippen molar-refractivity contribution in [3.8, 4) is 11.5 Å². The van der Waals surface area contributed by atoms with Gasteiger partial charge in [-0.3, -0.25) is 9.69 Å². The molecule has 2 aromatic carbocycles. The molecule has 0 atom stereocenters. The minimum Gasteiger partial charge on any atom is -0.508 e. The molecule has 0 spiro atoms. The van der Waals surface area contributed by atoms with Gasteiger partial charge in [0.1, 0.15) is 17.0 Å². The summed E-state index contributed by atoms with van der Waals surface area (Å²) in [6, 6.07) is 13.8. The van der Waals surface area contributed by atoms with E-state index in [1.807, 2.05) is 69.3 Å². The topological polar surface area (TPSA) is 60.8 Å². The minimum atomic E-state index is -0.997. The first-order chi connectivity index (χ1) is 14.9. The van der Waals surface area contributed by atoms with Crippen molar-refractivity contribution in [1.82, 2.24) is 4.90 Å².